The average Bonchev–Trinajstić information content (AvgIpc) is 2.51. The molecule has 2 nitrogen and oxygen atoms in total. The van der Waals surface area contributed by atoms with Crippen LogP contribution in [0.1, 0.15) is 53.9 Å². The van der Waals surface area contributed by atoms with Gasteiger partial charge in [-0.2, -0.15) is 0 Å². The Hall–Kier alpha value is -0.0800. The molecule has 0 aliphatic heterocycles. The fourth-order valence-corrected chi connectivity index (χ4v) is 4.13. The van der Waals surface area contributed by atoms with Gasteiger partial charge in [-0.25, -0.2) is 0 Å². The first-order valence-corrected chi connectivity index (χ1v) is 6.71. The van der Waals surface area contributed by atoms with Gasteiger partial charge in [0.25, 0.3) is 0 Å². The number of hydrogen-bond donors (Lipinski definition) is 0. The first-order chi connectivity index (χ1) is 7.43. The van der Waals surface area contributed by atoms with Gasteiger partial charge < -0.3 is 9.47 Å². The fourth-order valence-electron chi connectivity index (χ4n) is 4.13. The van der Waals surface area contributed by atoms with E-state index < -0.39 is 0 Å². The van der Waals surface area contributed by atoms with Gasteiger partial charge in [0.05, 0.1) is 0 Å². The Morgan fingerprint density at radius 2 is 1.62 bits per heavy atom. The normalized spacial score (nSPS) is 39.2. The van der Waals surface area contributed by atoms with Crippen LogP contribution >= 0.6 is 0 Å². The molecule has 0 N–H and O–H groups in total. The zero-order chi connectivity index (χ0) is 12.0. The smallest absolute Gasteiger partial charge is 0.174 e. The van der Waals surface area contributed by atoms with Crippen molar-refractivity contribution in [1.29, 1.82) is 0 Å². The third-order valence-corrected chi connectivity index (χ3v) is 5.55. The SMILES string of the molecule is CCOC1(OCC)C[C@@H]2CC[C@@]1(C)C2(C)C. The van der Waals surface area contributed by atoms with Gasteiger partial charge >= 0.3 is 0 Å². The zero-order valence-electron chi connectivity index (χ0n) is 11.4. The Balaban J connectivity index is 2.35. The van der Waals surface area contributed by atoms with E-state index in [9.17, 15) is 0 Å². The number of rotatable bonds is 4. The number of hydrogen-bond acceptors (Lipinski definition) is 2. The summed E-state index contributed by atoms with van der Waals surface area (Å²) in [6.07, 6.45) is 3.66. The zero-order valence-corrected chi connectivity index (χ0v) is 11.4. The van der Waals surface area contributed by atoms with Gasteiger partial charge in [0.15, 0.2) is 5.79 Å². The van der Waals surface area contributed by atoms with E-state index in [1.165, 1.54) is 12.8 Å². The quantitative estimate of drug-likeness (QED) is 0.682. The Labute approximate surface area is 99.7 Å². The van der Waals surface area contributed by atoms with E-state index in [4.69, 9.17) is 9.47 Å². The molecule has 2 bridgehead atoms. The van der Waals surface area contributed by atoms with Gasteiger partial charge in [-0.1, -0.05) is 20.8 Å². The Bertz CT molecular complexity index is 266. The summed E-state index contributed by atoms with van der Waals surface area (Å²) in [5, 5.41) is 0. The van der Waals surface area contributed by atoms with Gasteiger partial charge in [0, 0.05) is 25.0 Å². The highest BCUT2D eigenvalue weighted by atomic mass is 16.7. The fraction of sp³-hybridized carbons (Fsp3) is 1.00. The van der Waals surface area contributed by atoms with Crippen molar-refractivity contribution in [2.24, 2.45) is 16.7 Å². The van der Waals surface area contributed by atoms with Crippen LogP contribution in [0.2, 0.25) is 0 Å². The van der Waals surface area contributed by atoms with Crippen LogP contribution in [0, 0.1) is 16.7 Å². The van der Waals surface area contributed by atoms with Crippen LogP contribution in [-0.4, -0.2) is 19.0 Å². The van der Waals surface area contributed by atoms with Crippen molar-refractivity contribution in [2.45, 2.75) is 59.7 Å². The molecule has 0 spiro atoms. The molecule has 2 atom stereocenters. The molecule has 2 aliphatic rings. The lowest BCUT2D eigenvalue weighted by molar-refractivity contribution is -0.296. The summed E-state index contributed by atoms with van der Waals surface area (Å²) in [6.45, 7) is 12.8. The molecule has 16 heavy (non-hydrogen) atoms. The van der Waals surface area contributed by atoms with Crippen molar-refractivity contribution in [3.05, 3.63) is 0 Å². The lowest BCUT2D eigenvalue weighted by Gasteiger charge is -2.47. The van der Waals surface area contributed by atoms with Crippen molar-refractivity contribution in [3.63, 3.8) is 0 Å². The Kier molecular flexibility index (Phi) is 2.87. The molecule has 0 aromatic carbocycles. The standard InChI is InChI=1S/C14H26O2/c1-6-15-14(16-7-2)10-11-8-9-13(14,5)12(11,3)4/h11H,6-10H2,1-5H3/t11-,13-/m0/s1. The first kappa shape index (κ1) is 12.4. The topological polar surface area (TPSA) is 18.5 Å². The predicted octanol–water partition coefficient (Wildman–Crippen LogP) is 3.60. The van der Waals surface area contributed by atoms with Crippen LogP contribution in [0.15, 0.2) is 0 Å². The second-order valence-electron chi connectivity index (χ2n) is 6.11. The van der Waals surface area contributed by atoms with E-state index in [0.717, 1.165) is 25.6 Å². The maximum absolute atomic E-state index is 6.08. The van der Waals surface area contributed by atoms with Crippen molar-refractivity contribution >= 4 is 0 Å². The van der Waals surface area contributed by atoms with E-state index in [1.54, 1.807) is 0 Å². The summed E-state index contributed by atoms with van der Waals surface area (Å²) in [7, 11) is 0. The van der Waals surface area contributed by atoms with E-state index in [0.29, 0.717) is 5.41 Å². The highest BCUT2D eigenvalue weighted by molar-refractivity contribution is 5.15. The summed E-state index contributed by atoms with van der Waals surface area (Å²) in [5.41, 5.74) is 0.522. The third kappa shape index (κ3) is 1.26. The summed E-state index contributed by atoms with van der Waals surface area (Å²) in [6, 6.07) is 0. The van der Waals surface area contributed by atoms with Gasteiger partial charge in [-0.3, -0.25) is 0 Å². The minimum absolute atomic E-state index is 0.177. The minimum Gasteiger partial charge on any atom is -0.350 e. The molecule has 94 valence electrons. The molecule has 0 heterocycles. The van der Waals surface area contributed by atoms with Crippen LogP contribution in [0.25, 0.3) is 0 Å². The lowest BCUT2D eigenvalue weighted by atomic mass is 9.68. The third-order valence-electron chi connectivity index (χ3n) is 5.55. The lowest BCUT2D eigenvalue weighted by Crippen LogP contribution is -2.51. The van der Waals surface area contributed by atoms with Crippen molar-refractivity contribution in [2.75, 3.05) is 13.2 Å². The summed E-state index contributed by atoms with van der Waals surface area (Å²) < 4.78 is 12.2. The molecule has 2 heteroatoms. The second-order valence-corrected chi connectivity index (χ2v) is 6.11. The molecular weight excluding hydrogens is 200 g/mol. The van der Waals surface area contributed by atoms with Gasteiger partial charge in [-0.05, 0) is 38.0 Å². The van der Waals surface area contributed by atoms with Crippen molar-refractivity contribution < 1.29 is 9.47 Å². The highest BCUT2D eigenvalue weighted by Gasteiger charge is 2.70. The van der Waals surface area contributed by atoms with Crippen LogP contribution in [0.5, 0.6) is 0 Å². The van der Waals surface area contributed by atoms with Crippen LogP contribution in [-0.2, 0) is 9.47 Å². The number of ether oxygens (including phenoxy) is 2. The van der Waals surface area contributed by atoms with Crippen LogP contribution < -0.4 is 0 Å². The second kappa shape index (κ2) is 3.71. The van der Waals surface area contributed by atoms with E-state index in [2.05, 4.69) is 34.6 Å². The van der Waals surface area contributed by atoms with Gasteiger partial charge in [0.1, 0.15) is 0 Å². The van der Waals surface area contributed by atoms with E-state index in [1.807, 2.05) is 0 Å². The number of fused-ring (bicyclic) bond motifs is 2. The van der Waals surface area contributed by atoms with E-state index >= 15 is 0 Å². The maximum atomic E-state index is 6.08. The molecule has 0 saturated heterocycles. The monoisotopic (exact) mass is 226 g/mol. The van der Waals surface area contributed by atoms with Crippen LogP contribution in [0.4, 0.5) is 0 Å². The van der Waals surface area contributed by atoms with Gasteiger partial charge in [-0.15, -0.1) is 0 Å². The Morgan fingerprint density at radius 1 is 1.06 bits per heavy atom. The highest BCUT2D eigenvalue weighted by Crippen LogP contribution is 2.70. The minimum atomic E-state index is -0.317. The first-order valence-electron chi connectivity index (χ1n) is 6.71. The van der Waals surface area contributed by atoms with Crippen molar-refractivity contribution in [1.82, 2.24) is 0 Å². The molecule has 0 aromatic heterocycles. The molecule has 0 amide bonds. The Morgan fingerprint density at radius 3 is 1.94 bits per heavy atom. The molecule has 2 saturated carbocycles. The summed E-state index contributed by atoms with van der Waals surface area (Å²) >= 11 is 0. The molecule has 2 rings (SSSR count). The predicted molar refractivity (Wildman–Crippen MR) is 65.2 cm³/mol. The summed E-state index contributed by atoms with van der Waals surface area (Å²) in [4.78, 5) is 0. The molecule has 0 aromatic rings. The maximum Gasteiger partial charge on any atom is 0.174 e. The van der Waals surface area contributed by atoms with Gasteiger partial charge in [0.2, 0.25) is 0 Å². The van der Waals surface area contributed by atoms with Crippen molar-refractivity contribution in [3.8, 4) is 0 Å². The molecule has 2 aliphatic carbocycles. The molecule has 0 radical (unpaired) electrons. The summed E-state index contributed by atoms with van der Waals surface area (Å²) in [5.74, 6) is 0.443. The largest absolute Gasteiger partial charge is 0.350 e. The molecular formula is C14H26O2. The van der Waals surface area contributed by atoms with Crippen LogP contribution in [0.3, 0.4) is 0 Å². The molecule has 2 fully saturated rings. The van der Waals surface area contributed by atoms with E-state index in [-0.39, 0.29) is 11.2 Å². The average molecular weight is 226 g/mol. The molecule has 0 unspecified atom stereocenters.